The van der Waals surface area contributed by atoms with E-state index < -0.39 is 5.82 Å². The van der Waals surface area contributed by atoms with Crippen LogP contribution in [0.4, 0.5) is 10.1 Å². The van der Waals surface area contributed by atoms with Crippen LogP contribution in [0.1, 0.15) is 10.4 Å². The third-order valence-corrected chi connectivity index (χ3v) is 3.90. The summed E-state index contributed by atoms with van der Waals surface area (Å²) in [5, 5.41) is 2.26. The molecule has 0 spiro atoms. The number of halogens is 2. The highest BCUT2D eigenvalue weighted by Crippen LogP contribution is 2.25. The fraction of sp³-hybridized carbons (Fsp3) is 0.0556. The molecule has 0 saturated carbocycles. The molecule has 3 aromatic rings. The Morgan fingerprint density at radius 1 is 1.00 bits per heavy atom. The minimum atomic E-state index is -0.463. The van der Waals surface area contributed by atoms with Crippen molar-refractivity contribution in [1.82, 2.24) is 0 Å². The number of carbonyl (C=O) groups is 1. The molecular weight excluding hydrogens is 301 g/mol. The minimum absolute atomic E-state index is 0.109. The summed E-state index contributed by atoms with van der Waals surface area (Å²) < 4.78 is 13.1. The molecule has 0 radical (unpaired) electrons. The number of benzene rings is 3. The lowest BCUT2D eigenvalue weighted by atomic mass is 10.1. The average Bonchev–Trinajstić information content (AvgIpc) is 2.53. The summed E-state index contributed by atoms with van der Waals surface area (Å²) in [5.74, 6) is -0.741. The zero-order chi connectivity index (χ0) is 15.7. The van der Waals surface area contributed by atoms with E-state index in [4.69, 9.17) is 11.6 Å². The van der Waals surface area contributed by atoms with Crippen LogP contribution < -0.4 is 4.90 Å². The molecule has 0 aromatic heterocycles. The number of anilines is 1. The fourth-order valence-corrected chi connectivity index (χ4v) is 2.59. The van der Waals surface area contributed by atoms with Gasteiger partial charge in [-0.1, -0.05) is 41.9 Å². The Labute approximate surface area is 132 Å². The number of hydrogen-bond acceptors (Lipinski definition) is 1. The summed E-state index contributed by atoms with van der Waals surface area (Å²) >= 11 is 5.96. The maximum absolute atomic E-state index is 13.1. The van der Waals surface area contributed by atoms with Crippen molar-refractivity contribution in [3.63, 3.8) is 0 Å². The van der Waals surface area contributed by atoms with Gasteiger partial charge in [0.1, 0.15) is 5.82 Å². The van der Waals surface area contributed by atoms with Crippen LogP contribution in [-0.2, 0) is 0 Å². The molecule has 3 aromatic carbocycles. The van der Waals surface area contributed by atoms with E-state index in [1.54, 1.807) is 7.05 Å². The molecule has 3 rings (SSSR count). The van der Waals surface area contributed by atoms with Gasteiger partial charge in [-0.3, -0.25) is 4.79 Å². The maximum Gasteiger partial charge on any atom is 0.259 e. The first-order chi connectivity index (χ1) is 10.6. The smallest absolute Gasteiger partial charge is 0.259 e. The molecule has 0 aliphatic carbocycles. The Kier molecular flexibility index (Phi) is 3.82. The molecule has 22 heavy (non-hydrogen) atoms. The molecule has 0 saturated heterocycles. The Balaban J connectivity index is 1.97. The number of amides is 1. The van der Waals surface area contributed by atoms with Gasteiger partial charge in [0.2, 0.25) is 0 Å². The lowest BCUT2D eigenvalue weighted by Crippen LogP contribution is -2.26. The van der Waals surface area contributed by atoms with E-state index in [0.29, 0.717) is 0 Å². The highest BCUT2D eigenvalue weighted by molar-refractivity contribution is 6.34. The quantitative estimate of drug-likeness (QED) is 0.658. The summed E-state index contributed by atoms with van der Waals surface area (Å²) in [6.07, 6.45) is 0. The van der Waals surface area contributed by atoms with Crippen LogP contribution in [0, 0.1) is 5.82 Å². The van der Waals surface area contributed by atoms with Gasteiger partial charge in [0.25, 0.3) is 5.91 Å². The topological polar surface area (TPSA) is 20.3 Å². The number of rotatable bonds is 2. The van der Waals surface area contributed by atoms with Crippen LogP contribution in [0.5, 0.6) is 0 Å². The zero-order valence-corrected chi connectivity index (χ0v) is 12.6. The molecule has 110 valence electrons. The molecule has 0 N–H and O–H groups in total. The van der Waals surface area contributed by atoms with E-state index >= 15 is 0 Å². The first-order valence-electron chi connectivity index (χ1n) is 6.78. The lowest BCUT2D eigenvalue weighted by Gasteiger charge is -2.18. The van der Waals surface area contributed by atoms with Gasteiger partial charge in [0.15, 0.2) is 0 Å². The van der Waals surface area contributed by atoms with E-state index in [2.05, 4.69) is 0 Å². The van der Waals surface area contributed by atoms with Crippen molar-refractivity contribution in [2.75, 3.05) is 11.9 Å². The minimum Gasteiger partial charge on any atom is -0.311 e. The van der Waals surface area contributed by atoms with Crippen molar-refractivity contribution >= 4 is 34.0 Å². The van der Waals surface area contributed by atoms with Gasteiger partial charge in [-0.15, -0.1) is 0 Å². The molecule has 2 nitrogen and oxygen atoms in total. The summed E-state index contributed by atoms with van der Waals surface area (Å²) in [6, 6.07) is 17.5. The van der Waals surface area contributed by atoms with Crippen molar-refractivity contribution in [2.45, 2.75) is 0 Å². The largest absolute Gasteiger partial charge is 0.311 e. The normalized spacial score (nSPS) is 10.7. The van der Waals surface area contributed by atoms with Crippen LogP contribution in [0.3, 0.4) is 0 Å². The SMILES string of the molecule is CN(C(=O)c1ccc(F)cc1Cl)c1ccc2ccccc2c1. The number of fused-ring (bicyclic) bond motifs is 1. The molecule has 0 unspecified atom stereocenters. The third-order valence-electron chi connectivity index (χ3n) is 3.59. The molecule has 0 aliphatic heterocycles. The molecule has 4 heteroatoms. The fourth-order valence-electron chi connectivity index (χ4n) is 2.35. The molecule has 0 heterocycles. The molecule has 0 atom stereocenters. The van der Waals surface area contributed by atoms with Crippen LogP contribution in [0.2, 0.25) is 5.02 Å². The third kappa shape index (κ3) is 2.68. The van der Waals surface area contributed by atoms with Gasteiger partial charge < -0.3 is 4.90 Å². The first kappa shape index (κ1) is 14.5. The summed E-state index contributed by atoms with van der Waals surface area (Å²) in [6.45, 7) is 0. The maximum atomic E-state index is 13.1. The number of carbonyl (C=O) groups excluding carboxylic acids is 1. The predicted molar refractivity (Wildman–Crippen MR) is 88.1 cm³/mol. The lowest BCUT2D eigenvalue weighted by molar-refractivity contribution is 0.0993. The average molecular weight is 314 g/mol. The van der Waals surface area contributed by atoms with E-state index in [9.17, 15) is 9.18 Å². The number of hydrogen-bond donors (Lipinski definition) is 0. The van der Waals surface area contributed by atoms with E-state index in [-0.39, 0.29) is 16.5 Å². The Hall–Kier alpha value is -2.39. The van der Waals surface area contributed by atoms with E-state index in [1.807, 2.05) is 42.5 Å². The summed E-state index contributed by atoms with van der Waals surface area (Å²) in [5.41, 5.74) is 1.03. The molecule has 0 fully saturated rings. The van der Waals surface area contributed by atoms with Gasteiger partial charge in [0, 0.05) is 12.7 Å². The molecule has 1 amide bonds. The zero-order valence-electron chi connectivity index (χ0n) is 11.9. The van der Waals surface area contributed by atoms with Gasteiger partial charge in [-0.2, -0.15) is 0 Å². The van der Waals surface area contributed by atoms with Crippen LogP contribution in [0.25, 0.3) is 10.8 Å². The monoisotopic (exact) mass is 313 g/mol. The van der Waals surface area contributed by atoms with Crippen molar-refractivity contribution in [3.05, 3.63) is 77.1 Å². The van der Waals surface area contributed by atoms with E-state index in [1.165, 1.54) is 17.0 Å². The number of nitrogens with zero attached hydrogens (tertiary/aromatic N) is 1. The highest BCUT2D eigenvalue weighted by atomic mass is 35.5. The Morgan fingerprint density at radius 3 is 2.45 bits per heavy atom. The second-order valence-corrected chi connectivity index (χ2v) is 5.43. The van der Waals surface area contributed by atoms with Crippen molar-refractivity contribution < 1.29 is 9.18 Å². The molecular formula is C18H13ClFNO. The molecule has 0 bridgehead atoms. The van der Waals surface area contributed by atoms with Crippen molar-refractivity contribution in [2.24, 2.45) is 0 Å². The Bertz CT molecular complexity index is 863. The highest BCUT2D eigenvalue weighted by Gasteiger charge is 2.17. The van der Waals surface area contributed by atoms with Gasteiger partial charge >= 0.3 is 0 Å². The van der Waals surface area contributed by atoms with Crippen LogP contribution in [-0.4, -0.2) is 13.0 Å². The predicted octanol–water partition coefficient (Wildman–Crippen LogP) is 4.91. The second-order valence-electron chi connectivity index (χ2n) is 5.02. The Morgan fingerprint density at radius 2 is 1.73 bits per heavy atom. The summed E-state index contributed by atoms with van der Waals surface area (Å²) in [7, 11) is 1.67. The standard InChI is InChI=1S/C18H13ClFNO/c1-21(18(22)16-9-7-14(20)11-17(16)19)15-8-6-12-4-2-3-5-13(12)10-15/h2-11H,1H3. The molecule has 0 aliphatic rings. The van der Waals surface area contributed by atoms with Crippen LogP contribution >= 0.6 is 11.6 Å². The van der Waals surface area contributed by atoms with Crippen molar-refractivity contribution in [3.8, 4) is 0 Å². The van der Waals surface area contributed by atoms with Gasteiger partial charge in [0.05, 0.1) is 10.6 Å². The second kappa shape index (κ2) is 5.78. The van der Waals surface area contributed by atoms with Crippen molar-refractivity contribution in [1.29, 1.82) is 0 Å². The first-order valence-corrected chi connectivity index (χ1v) is 7.16. The van der Waals surface area contributed by atoms with E-state index in [0.717, 1.165) is 22.5 Å². The van der Waals surface area contributed by atoms with Crippen LogP contribution in [0.15, 0.2) is 60.7 Å². The van der Waals surface area contributed by atoms with Gasteiger partial charge in [-0.05, 0) is 41.1 Å². The summed E-state index contributed by atoms with van der Waals surface area (Å²) in [4.78, 5) is 14.0. The van der Waals surface area contributed by atoms with Gasteiger partial charge in [-0.25, -0.2) is 4.39 Å².